The Balaban J connectivity index is 2.13. The highest BCUT2D eigenvalue weighted by molar-refractivity contribution is 9.10. The zero-order valence-corrected chi connectivity index (χ0v) is 13.6. The Hall–Kier alpha value is -0.780. The standard InChI is InChI=1S/C15H22BrNO3/c1-19-14-8-11(12(16)9-15(14)20-2)13(18)7-10-5-3-4-6-17-10/h8-10,13,17-18H,3-7H2,1-2H3/t10-,13?/m1/s1. The third-order valence-corrected chi connectivity index (χ3v) is 4.47. The minimum atomic E-state index is -0.514. The lowest BCUT2D eigenvalue weighted by Crippen LogP contribution is -2.35. The fourth-order valence-corrected chi connectivity index (χ4v) is 3.23. The van der Waals surface area contributed by atoms with Gasteiger partial charge in [-0.25, -0.2) is 0 Å². The predicted molar refractivity (Wildman–Crippen MR) is 82.5 cm³/mol. The third kappa shape index (κ3) is 3.65. The largest absolute Gasteiger partial charge is 0.493 e. The van der Waals surface area contributed by atoms with E-state index in [-0.39, 0.29) is 0 Å². The van der Waals surface area contributed by atoms with Crippen LogP contribution < -0.4 is 14.8 Å². The molecule has 1 aromatic rings. The van der Waals surface area contributed by atoms with Gasteiger partial charge in [-0.1, -0.05) is 22.4 Å². The van der Waals surface area contributed by atoms with Crippen molar-refractivity contribution < 1.29 is 14.6 Å². The van der Waals surface area contributed by atoms with Crippen LogP contribution >= 0.6 is 15.9 Å². The molecule has 0 aliphatic carbocycles. The van der Waals surface area contributed by atoms with Crippen molar-refractivity contribution in [2.24, 2.45) is 0 Å². The molecule has 1 heterocycles. The Bertz CT molecular complexity index is 447. The van der Waals surface area contributed by atoms with Crippen LogP contribution in [0.1, 0.15) is 37.4 Å². The summed E-state index contributed by atoms with van der Waals surface area (Å²) in [6, 6.07) is 4.07. The summed E-state index contributed by atoms with van der Waals surface area (Å²) < 4.78 is 11.4. The lowest BCUT2D eigenvalue weighted by atomic mass is 9.96. The fourth-order valence-electron chi connectivity index (χ4n) is 2.65. The molecule has 0 saturated carbocycles. The molecule has 20 heavy (non-hydrogen) atoms. The number of hydrogen-bond donors (Lipinski definition) is 2. The smallest absolute Gasteiger partial charge is 0.161 e. The minimum Gasteiger partial charge on any atom is -0.493 e. The first-order valence-electron chi connectivity index (χ1n) is 6.98. The summed E-state index contributed by atoms with van der Waals surface area (Å²) in [4.78, 5) is 0. The van der Waals surface area contributed by atoms with Crippen LogP contribution in [0.25, 0.3) is 0 Å². The molecule has 0 radical (unpaired) electrons. The van der Waals surface area contributed by atoms with Gasteiger partial charge in [0.15, 0.2) is 11.5 Å². The van der Waals surface area contributed by atoms with Gasteiger partial charge in [-0.2, -0.15) is 0 Å². The molecule has 1 fully saturated rings. The molecular formula is C15H22BrNO3. The number of benzene rings is 1. The molecule has 0 bridgehead atoms. The van der Waals surface area contributed by atoms with Gasteiger partial charge in [0.25, 0.3) is 0 Å². The van der Waals surface area contributed by atoms with E-state index in [9.17, 15) is 5.11 Å². The summed E-state index contributed by atoms with van der Waals surface area (Å²) in [5.41, 5.74) is 0.843. The number of rotatable bonds is 5. The maximum atomic E-state index is 10.5. The first kappa shape index (κ1) is 15.6. The molecule has 2 N–H and O–H groups in total. The van der Waals surface area contributed by atoms with E-state index in [4.69, 9.17) is 9.47 Å². The van der Waals surface area contributed by atoms with Crippen LogP contribution in [0.4, 0.5) is 0 Å². The Morgan fingerprint density at radius 2 is 2.00 bits per heavy atom. The molecule has 0 spiro atoms. The van der Waals surface area contributed by atoms with E-state index in [2.05, 4.69) is 21.2 Å². The number of piperidine rings is 1. The minimum absolute atomic E-state index is 0.388. The van der Waals surface area contributed by atoms with Crippen LogP contribution in [0, 0.1) is 0 Å². The number of ether oxygens (including phenoxy) is 2. The average Bonchev–Trinajstić information content (AvgIpc) is 2.47. The fraction of sp³-hybridized carbons (Fsp3) is 0.600. The molecule has 1 aliphatic heterocycles. The van der Waals surface area contributed by atoms with Crippen molar-refractivity contribution in [3.05, 3.63) is 22.2 Å². The van der Waals surface area contributed by atoms with Crippen LogP contribution in [-0.4, -0.2) is 31.9 Å². The first-order chi connectivity index (χ1) is 9.65. The highest BCUT2D eigenvalue weighted by Gasteiger charge is 2.21. The van der Waals surface area contributed by atoms with Gasteiger partial charge in [0, 0.05) is 10.5 Å². The van der Waals surface area contributed by atoms with Gasteiger partial charge in [-0.15, -0.1) is 0 Å². The number of hydrogen-bond acceptors (Lipinski definition) is 4. The van der Waals surface area contributed by atoms with E-state index >= 15 is 0 Å². The highest BCUT2D eigenvalue weighted by Crippen LogP contribution is 2.37. The van der Waals surface area contributed by atoms with E-state index in [0.717, 1.165) is 23.0 Å². The topological polar surface area (TPSA) is 50.7 Å². The van der Waals surface area contributed by atoms with Gasteiger partial charge < -0.3 is 19.9 Å². The van der Waals surface area contributed by atoms with Gasteiger partial charge in [0.1, 0.15) is 0 Å². The van der Waals surface area contributed by atoms with Crippen LogP contribution in [0.5, 0.6) is 11.5 Å². The Morgan fingerprint density at radius 1 is 1.30 bits per heavy atom. The normalized spacial score (nSPS) is 20.5. The van der Waals surface area contributed by atoms with E-state index in [1.165, 1.54) is 12.8 Å². The number of halogens is 1. The number of aliphatic hydroxyl groups excluding tert-OH is 1. The summed E-state index contributed by atoms with van der Waals surface area (Å²) in [5, 5.41) is 13.9. The van der Waals surface area contributed by atoms with E-state index in [1.54, 1.807) is 14.2 Å². The van der Waals surface area contributed by atoms with E-state index < -0.39 is 6.10 Å². The van der Waals surface area contributed by atoms with Crippen molar-refractivity contribution in [2.45, 2.75) is 37.8 Å². The molecule has 2 atom stereocenters. The maximum absolute atomic E-state index is 10.5. The van der Waals surface area contributed by atoms with Crippen molar-refractivity contribution >= 4 is 15.9 Å². The van der Waals surface area contributed by atoms with Crippen LogP contribution in [0.15, 0.2) is 16.6 Å². The number of methoxy groups -OCH3 is 2. The molecular weight excluding hydrogens is 322 g/mol. The Kier molecular flexibility index (Phi) is 5.69. The van der Waals surface area contributed by atoms with Crippen molar-refractivity contribution in [1.82, 2.24) is 5.32 Å². The molecule has 0 aromatic heterocycles. The summed E-state index contributed by atoms with van der Waals surface area (Å²) in [6.45, 7) is 1.05. The SMILES string of the molecule is COc1cc(Br)c(C(O)C[C@H]2CCCCN2)cc1OC. The number of aliphatic hydroxyl groups is 1. The van der Waals surface area contributed by atoms with Crippen molar-refractivity contribution in [1.29, 1.82) is 0 Å². The van der Waals surface area contributed by atoms with Gasteiger partial charge >= 0.3 is 0 Å². The molecule has 1 saturated heterocycles. The molecule has 1 aromatic carbocycles. The second kappa shape index (κ2) is 7.29. The highest BCUT2D eigenvalue weighted by atomic mass is 79.9. The van der Waals surface area contributed by atoms with Crippen LogP contribution in [0.3, 0.4) is 0 Å². The van der Waals surface area contributed by atoms with Gasteiger partial charge in [0.2, 0.25) is 0 Å². The summed E-state index contributed by atoms with van der Waals surface area (Å²) >= 11 is 3.50. The van der Waals surface area contributed by atoms with Gasteiger partial charge in [-0.05, 0) is 43.5 Å². The van der Waals surface area contributed by atoms with Crippen LogP contribution in [0.2, 0.25) is 0 Å². The first-order valence-corrected chi connectivity index (χ1v) is 7.78. The van der Waals surface area contributed by atoms with Crippen molar-refractivity contribution in [3.63, 3.8) is 0 Å². The van der Waals surface area contributed by atoms with Gasteiger partial charge in [-0.3, -0.25) is 0 Å². The zero-order valence-electron chi connectivity index (χ0n) is 12.0. The molecule has 4 nitrogen and oxygen atoms in total. The number of nitrogens with one attached hydrogen (secondary N) is 1. The molecule has 2 rings (SSSR count). The lowest BCUT2D eigenvalue weighted by Gasteiger charge is -2.26. The molecule has 0 amide bonds. The zero-order chi connectivity index (χ0) is 14.5. The second-order valence-corrected chi connectivity index (χ2v) is 5.98. The molecule has 1 unspecified atom stereocenters. The second-order valence-electron chi connectivity index (χ2n) is 5.13. The van der Waals surface area contributed by atoms with Crippen molar-refractivity contribution in [3.8, 4) is 11.5 Å². The van der Waals surface area contributed by atoms with Crippen molar-refractivity contribution in [2.75, 3.05) is 20.8 Å². The van der Waals surface area contributed by atoms with Gasteiger partial charge in [0.05, 0.1) is 20.3 Å². The monoisotopic (exact) mass is 343 g/mol. The summed E-state index contributed by atoms with van der Waals surface area (Å²) in [7, 11) is 3.21. The average molecular weight is 344 g/mol. The molecule has 1 aliphatic rings. The quantitative estimate of drug-likeness (QED) is 0.862. The Morgan fingerprint density at radius 3 is 2.60 bits per heavy atom. The third-order valence-electron chi connectivity index (χ3n) is 3.78. The molecule has 5 heteroatoms. The summed E-state index contributed by atoms with van der Waals surface area (Å²) in [6.07, 6.45) is 3.79. The van der Waals surface area contributed by atoms with E-state index in [1.807, 2.05) is 12.1 Å². The Labute approximate surface area is 128 Å². The predicted octanol–water partition coefficient (Wildman–Crippen LogP) is 3.03. The maximum Gasteiger partial charge on any atom is 0.161 e. The van der Waals surface area contributed by atoms with Crippen LogP contribution in [-0.2, 0) is 0 Å². The summed E-state index contributed by atoms with van der Waals surface area (Å²) in [5.74, 6) is 1.30. The van der Waals surface area contributed by atoms with E-state index in [0.29, 0.717) is 24.0 Å². The lowest BCUT2D eigenvalue weighted by molar-refractivity contribution is 0.143. The molecule has 112 valence electrons.